The van der Waals surface area contributed by atoms with Crippen LogP contribution >= 0.6 is 35.0 Å². The number of aromatic nitrogens is 4. The van der Waals surface area contributed by atoms with Gasteiger partial charge >= 0.3 is 5.69 Å². The SMILES string of the molecule is Cn1c(=O)c2c(SCc3ccc(Cl)cc3Cl)nc(C3CCCCC3)nc2n(C)c1=O. The molecule has 1 fully saturated rings. The summed E-state index contributed by atoms with van der Waals surface area (Å²) in [4.78, 5) is 34.9. The molecule has 1 saturated carbocycles. The molecule has 1 aliphatic rings. The third kappa shape index (κ3) is 4.03. The van der Waals surface area contributed by atoms with E-state index in [4.69, 9.17) is 28.2 Å². The van der Waals surface area contributed by atoms with Crippen molar-refractivity contribution in [2.45, 2.75) is 48.8 Å². The molecule has 4 rings (SSSR count). The first-order valence-corrected chi connectivity index (χ1v) is 11.7. The second-order valence-electron chi connectivity index (χ2n) is 7.65. The van der Waals surface area contributed by atoms with Crippen LogP contribution in [-0.4, -0.2) is 19.1 Å². The molecule has 0 atom stereocenters. The monoisotopic (exact) mass is 464 g/mol. The van der Waals surface area contributed by atoms with Crippen LogP contribution in [0.5, 0.6) is 0 Å². The highest BCUT2D eigenvalue weighted by molar-refractivity contribution is 7.98. The average Bonchev–Trinajstić information content (AvgIpc) is 2.75. The average molecular weight is 465 g/mol. The van der Waals surface area contributed by atoms with Gasteiger partial charge in [0.05, 0.1) is 0 Å². The van der Waals surface area contributed by atoms with E-state index >= 15 is 0 Å². The lowest BCUT2D eigenvalue weighted by Crippen LogP contribution is -2.38. The van der Waals surface area contributed by atoms with Crippen molar-refractivity contribution >= 4 is 46.0 Å². The Morgan fingerprint density at radius 2 is 1.80 bits per heavy atom. The second kappa shape index (κ2) is 8.73. The fourth-order valence-electron chi connectivity index (χ4n) is 3.88. The quantitative estimate of drug-likeness (QED) is 0.414. The molecule has 0 saturated heterocycles. The first-order chi connectivity index (χ1) is 14.4. The summed E-state index contributed by atoms with van der Waals surface area (Å²) in [5.41, 5.74) is 0.521. The molecule has 0 aliphatic heterocycles. The third-order valence-electron chi connectivity index (χ3n) is 5.63. The molecule has 0 amide bonds. The largest absolute Gasteiger partial charge is 0.332 e. The molecule has 2 heterocycles. The van der Waals surface area contributed by atoms with Crippen molar-refractivity contribution in [3.8, 4) is 0 Å². The summed E-state index contributed by atoms with van der Waals surface area (Å²) in [6.45, 7) is 0. The number of rotatable bonds is 4. The predicted octanol–water partition coefficient (Wildman–Crippen LogP) is 4.67. The fraction of sp³-hybridized carbons (Fsp3) is 0.429. The number of fused-ring (bicyclic) bond motifs is 1. The van der Waals surface area contributed by atoms with Gasteiger partial charge in [0.15, 0.2) is 5.65 Å². The zero-order valence-electron chi connectivity index (χ0n) is 16.8. The molecule has 1 aliphatic carbocycles. The molecule has 3 aromatic rings. The van der Waals surface area contributed by atoms with Gasteiger partial charge in [-0.05, 0) is 30.5 Å². The van der Waals surface area contributed by atoms with Crippen molar-refractivity contribution in [2.24, 2.45) is 14.1 Å². The third-order valence-corrected chi connectivity index (χ3v) is 7.25. The van der Waals surface area contributed by atoms with Gasteiger partial charge in [0.2, 0.25) is 0 Å². The van der Waals surface area contributed by atoms with Crippen molar-refractivity contribution < 1.29 is 0 Å². The molecule has 30 heavy (non-hydrogen) atoms. The van der Waals surface area contributed by atoms with Gasteiger partial charge in [-0.15, -0.1) is 11.8 Å². The Morgan fingerprint density at radius 3 is 2.50 bits per heavy atom. The molecule has 2 aromatic heterocycles. The molecule has 0 unspecified atom stereocenters. The van der Waals surface area contributed by atoms with E-state index in [0.717, 1.165) is 41.6 Å². The van der Waals surface area contributed by atoms with E-state index in [9.17, 15) is 9.59 Å². The van der Waals surface area contributed by atoms with Gasteiger partial charge in [-0.3, -0.25) is 13.9 Å². The van der Waals surface area contributed by atoms with Gasteiger partial charge in [-0.2, -0.15) is 0 Å². The normalized spacial score (nSPS) is 15.1. The van der Waals surface area contributed by atoms with E-state index in [1.807, 2.05) is 6.07 Å². The molecule has 0 spiro atoms. The molecule has 6 nitrogen and oxygen atoms in total. The Balaban J connectivity index is 1.84. The van der Waals surface area contributed by atoms with E-state index in [1.165, 1.54) is 29.8 Å². The Bertz CT molecular complexity index is 1230. The Kier molecular flexibility index (Phi) is 6.23. The van der Waals surface area contributed by atoms with Gasteiger partial charge in [-0.1, -0.05) is 48.5 Å². The lowest BCUT2D eigenvalue weighted by atomic mass is 9.89. The summed E-state index contributed by atoms with van der Waals surface area (Å²) in [7, 11) is 3.12. The van der Waals surface area contributed by atoms with E-state index in [0.29, 0.717) is 31.9 Å². The summed E-state index contributed by atoms with van der Waals surface area (Å²) in [5.74, 6) is 1.49. The molecule has 9 heteroatoms. The number of nitrogens with zero attached hydrogens (tertiary/aromatic N) is 4. The molecular weight excluding hydrogens is 443 g/mol. The predicted molar refractivity (Wildman–Crippen MR) is 122 cm³/mol. The standard InChI is InChI=1S/C21H22Cl2N4O2S/c1-26-18-16(20(28)27(2)21(26)29)19(25-17(24-18)12-6-4-3-5-7-12)30-11-13-8-9-14(22)10-15(13)23/h8-10,12H,3-7,11H2,1-2H3. The molecule has 0 bridgehead atoms. The maximum Gasteiger partial charge on any atom is 0.332 e. The summed E-state index contributed by atoms with van der Waals surface area (Å²) >= 11 is 13.8. The summed E-state index contributed by atoms with van der Waals surface area (Å²) in [6.07, 6.45) is 5.56. The number of aryl methyl sites for hydroxylation is 1. The van der Waals surface area contributed by atoms with E-state index in [2.05, 4.69) is 4.98 Å². The first-order valence-electron chi connectivity index (χ1n) is 9.91. The van der Waals surface area contributed by atoms with E-state index in [1.54, 1.807) is 19.2 Å². The fourth-order valence-corrected chi connectivity index (χ4v) is 5.46. The molecule has 1 aromatic carbocycles. The minimum Gasteiger partial charge on any atom is -0.280 e. The van der Waals surface area contributed by atoms with Crippen LogP contribution in [0.15, 0.2) is 32.8 Å². The zero-order chi connectivity index (χ0) is 21.4. The van der Waals surface area contributed by atoms with Gasteiger partial charge in [0.25, 0.3) is 5.56 Å². The van der Waals surface area contributed by atoms with Crippen LogP contribution in [0.1, 0.15) is 49.4 Å². The van der Waals surface area contributed by atoms with Crippen LogP contribution < -0.4 is 11.2 Å². The van der Waals surface area contributed by atoms with E-state index in [-0.39, 0.29) is 11.5 Å². The van der Waals surface area contributed by atoms with Crippen LogP contribution in [0.4, 0.5) is 0 Å². The van der Waals surface area contributed by atoms with Crippen LogP contribution in [0.25, 0.3) is 11.0 Å². The topological polar surface area (TPSA) is 69.8 Å². The minimum atomic E-state index is -0.391. The Morgan fingerprint density at radius 1 is 1.07 bits per heavy atom. The number of benzene rings is 1. The molecule has 158 valence electrons. The van der Waals surface area contributed by atoms with Crippen molar-refractivity contribution in [3.05, 3.63) is 60.5 Å². The summed E-state index contributed by atoms with van der Waals surface area (Å²) in [5, 5.41) is 2.10. The number of thioether (sulfide) groups is 1. The highest BCUT2D eigenvalue weighted by Gasteiger charge is 2.23. The zero-order valence-corrected chi connectivity index (χ0v) is 19.1. The van der Waals surface area contributed by atoms with Gasteiger partial charge in [0, 0.05) is 35.8 Å². The Labute approximate surface area is 188 Å². The van der Waals surface area contributed by atoms with Gasteiger partial charge in [-0.25, -0.2) is 14.8 Å². The highest BCUT2D eigenvalue weighted by atomic mass is 35.5. The van der Waals surface area contributed by atoms with Crippen molar-refractivity contribution in [1.82, 2.24) is 19.1 Å². The highest BCUT2D eigenvalue weighted by Crippen LogP contribution is 2.34. The minimum absolute atomic E-state index is 0.251. The van der Waals surface area contributed by atoms with Gasteiger partial charge in [0.1, 0.15) is 16.2 Å². The molecular formula is C21H22Cl2N4O2S. The van der Waals surface area contributed by atoms with Crippen molar-refractivity contribution in [1.29, 1.82) is 0 Å². The van der Waals surface area contributed by atoms with Gasteiger partial charge < -0.3 is 0 Å². The number of halogens is 2. The maximum atomic E-state index is 12.9. The van der Waals surface area contributed by atoms with Crippen LogP contribution in [0, 0.1) is 0 Å². The second-order valence-corrected chi connectivity index (χ2v) is 9.46. The summed E-state index contributed by atoms with van der Waals surface area (Å²) < 4.78 is 2.54. The van der Waals surface area contributed by atoms with Crippen LogP contribution in [0.3, 0.4) is 0 Å². The molecule has 0 N–H and O–H groups in total. The van der Waals surface area contributed by atoms with Crippen molar-refractivity contribution in [3.63, 3.8) is 0 Å². The number of hydrogen-bond donors (Lipinski definition) is 0. The van der Waals surface area contributed by atoms with E-state index < -0.39 is 5.69 Å². The smallest absolute Gasteiger partial charge is 0.280 e. The van der Waals surface area contributed by atoms with Crippen LogP contribution in [0.2, 0.25) is 10.0 Å². The van der Waals surface area contributed by atoms with Crippen molar-refractivity contribution in [2.75, 3.05) is 0 Å². The number of hydrogen-bond acceptors (Lipinski definition) is 5. The van der Waals surface area contributed by atoms with Crippen LogP contribution in [-0.2, 0) is 19.8 Å². The maximum absolute atomic E-state index is 12.9. The Hall–Kier alpha value is -1.83. The lowest BCUT2D eigenvalue weighted by molar-refractivity contribution is 0.427. The summed E-state index contributed by atoms with van der Waals surface area (Å²) in [6, 6.07) is 5.36. The molecule has 0 radical (unpaired) electrons. The lowest BCUT2D eigenvalue weighted by Gasteiger charge is -2.21. The first kappa shape index (κ1) is 21.4.